The molecule has 0 fully saturated rings. The minimum atomic E-state index is 0.182. The summed E-state index contributed by atoms with van der Waals surface area (Å²) >= 11 is 0. The highest BCUT2D eigenvalue weighted by Crippen LogP contribution is 2.38. The Hall–Kier alpha value is -1.26. The van der Waals surface area contributed by atoms with Gasteiger partial charge in [-0.2, -0.15) is 0 Å². The van der Waals surface area contributed by atoms with Crippen molar-refractivity contribution in [2.75, 3.05) is 34.5 Å². The van der Waals surface area contributed by atoms with Crippen molar-refractivity contribution in [2.45, 2.75) is 26.3 Å². The van der Waals surface area contributed by atoms with Crippen LogP contribution in [0.2, 0.25) is 0 Å². The van der Waals surface area contributed by atoms with Crippen LogP contribution in [0.4, 0.5) is 0 Å². The fourth-order valence-corrected chi connectivity index (χ4v) is 2.46. The molecule has 0 aliphatic rings. The van der Waals surface area contributed by atoms with E-state index in [1.807, 2.05) is 18.2 Å². The van der Waals surface area contributed by atoms with E-state index in [4.69, 9.17) is 14.2 Å². The van der Waals surface area contributed by atoms with E-state index in [1.54, 1.807) is 21.3 Å². The topological polar surface area (TPSA) is 39.7 Å². The Kier molecular flexibility index (Phi) is 7.41. The molecule has 1 aromatic rings. The van der Waals surface area contributed by atoms with Gasteiger partial charge in [0.05, 0.1) is 19.8 Å². The molecule has 4 heteroatoms. The van der Waals surface area contributed by atoms with E-state index >= 15 is 0 Å². The zero-order chi connectivity index (χ0) is 15.0. The molecule has 0 bridgehead atoms. The zero-order valence-electron chi connectivity index (χ0n) is 13.2. The molecule has 2 unspecified atom stereocenters. The summed E-state index contributed by atoms with van der Waals surface area (Å²) in [4.78, 5) is 0. The first kappa shape index (κ1) is 16.8. The Morgan fingerprint density at radius 2 is 1.70 bits per heavy atom. The van der Waals surface area contributed by atoms with Crippen molar-refractivity contribution in [1.29, 1.82) is 0 Å². The lowest BCUT2D eigenvalue weighted by Crippen LogP contribution is -2.28. The van der Waals surface area contributed by atoms with Crippen molar-refractivity contribution in [3.63, 3.8) is 0 Å². The molecule has 0 saturated carbocycles. The van der Waals surface area contributed by atoms with Gasteiger partial charge in [-0.1, -0.05) is 19.9 Å². The van der Waals surface area contributed by atoms with Crippen molar-refractivity contribution >= 4 is 0 Å². The molecule has 20 heavy (non-hydrogen) atoms. The third kappa shape index (κ3) is 4.12. The van der Waals surface area contributed by atoms with Crippen LogP contribution in [0.15, 0.2) is 18.2 Å². The highest BCUT2D eigenvalue weighted by molar-refractivity contribution is 5.47. The number of rotatable bonds is 9. The van der Waals surface area contributed by atoms with Crippen LogP contribution in [0.3, 0.4) is 0 Å². The lowest BCUT2D eigenvalue weighted by Gasteiger charge is -2.28. The molecule has 0 heterocycles. The monoisotopic (exact) mass is 281 g/mol. The van der Waals surface area contributed by atoms with E-state index in [9.17, 15) is 0 Å². The molecule has 0 saturated heterocycles. The molecule has 0 aliphatic heterocycles. The van der Waals surface area contributed by atoms with Gasteiger partial charge in [-0.3, -0.25) is 0 Å². The van der Waals surface area contributed by atoms with Gasteiger partial charge in [0.15, 0.2) is 0 Å². The molecule has 4 nitrogen and oxygen atoms in total. The molecule has 0 radical (unpaired) electrons. The molecule has 1 aromatic carbocycles. The normalized spacial score (nSPS) is 13.8. The van der Waals surface area contributed by atoms with E-state index in [-0.39, 0.29) is 6.04 Å². The minimum absolute atomic E-state index is 0.182. The van der Waals surface area contributed by atoms with Crippen molar-refractivity contribution < 1.29 is 14.2 Å². The van der Waals surface area contributed by atoms with E-state index in [0.717, 1.165) is 36.6 Å². The number of hydrogen-bond acceptors (Lipinski definition) is 4. The van der Waals surface area contributed by atoms with Gasteiger partial charge >= 0.3 is 0 Å². The first-order chi connectivity index (χ1) is 9.69. The number of nitrogens with one attached hydrogen (secondary N) is 1. The maximum Gasteiger partial charge on any atom is 0.127 e. The second-order valence-corrected chi connectivity index (χ2v) is 4.87. The second-order valence-electron chi connectivity index (χ2n) is 4.87. The Bertz CT molecular complexity index is 373. The molecule has 114 valence electrons. The summed E-state index contributed by atoms with van der Waals surface area (Å²) in [6.45, 7) is 5.97. The van der Waals surface area contributed by atoms with E-state index < -0.39 is 0 Å². The number of benzene rings is 1. The van der Waals surface area contributed by atoms with E-state index in [0.29, 0.717) is 5.92 Å². The quantitative estimate of drug-likeness (QED) is 0.755. The summed E-state index contributed by atoms with van der Waals surface area (Å²) in [6, 6.07) is 6.08. The predicted octanol–water partition coefficient (Wildman–Crippen LogP) is 3.03. The van der Waals surface area contributed by atoms with Gasteiger partial charge in [-0.25, -0.2) is 0 Å². The molecule has 2 atom stereocenters. The summed E-state index contributed by atoms with van der Waals surface area (Å²) in [7, 11) is 5.13. The van der Waals surface area contributed by atoms with E-state index in [2.05, 4.69) is 19.2 Å². The maximum atomic E-state index is 5.52. The van der Waals surface area contributed by atoms with Gasteiger partial charge in [-0.05, 0) is 31.0 Å². The van der Waals surface area contributed by atoms with Crippen molar-refractivity contribution in [3.8, 4) is 11.5 Å². The lowest BCUT2D eigenvalue weighted by molar-refractivity contribution is 0.169. The fourth-order valence-electron chi connectivity index (χ4n) is 2.46. The van der Waals surface area contributed by atoms with Gasteiger partial charge in [-0.15, -0.1) is 0 Å². The highest BCUT2D eigenvalue weighted by Gasteiger charge is 2.25. The Balaban J connectivity index is 3.12. The molecular formula is C16H27NO3. The Morgan fingerprint density at radius 1 is 1.10 bits per heavy atom. The van der Waals surface area contributed by atoms with Crippen LogP contribution in [0.25, 0.3) is 0 Å². The summed E-state index contributed by atoms with van der Waals surface area (Å²) in [6.07, 6.45) is 0.982. The Labute approximate surface area is 122 Å². The number of methoxy groups -OCH3 is 3. The Morgan fingerprint density at radius 3 is 2.15 bits per heavy atom. The lowest BCUT2D eigenvalue weighted by atomic mass is 9.90. The molecular weight excluding hydrogens is 254 g/mol. The maximum absolute atomic E-state index is 5.52. The fraction of sp³-hybridized carbons (Fsp3) is 0.625. The minimum Gasteiger partial charge on any atom is -0.496 e. The largest absolute Gasteiger partial charge is 0.496 e. The van der Waals surface area contributed by atoms with Gasteiger partial charge in [0.1, 0.15) is 11.5 Å². The predicted molar refractivity (Wildman–Crippen MR) is 81.6 cm³/mol. The SMILES string of the molecule is CCNC(c1c(OC)cccc1OC)C(C)CCOC. The average Bonchev–Trinajstić information content (AvgIpc) is 2.49. The van der Waals surface area contributed by atoms with Crippen LogP contribution < -0.4 is 14.8 Å². The average molecular weight is 281 g/mol. The summed E-state index contributed by atoms with van der Waals surface area (Å²) < 4.78 is 16.2. The number of hydrogen-bond donors (Lipinski definition) is 1. The van der Waals surface area contributed by atoms with Crippen LogP contribution in [0, 0.1) is 5.92 Å². The van der Waals surface area contributed by atoms with Gasteiger partial charge < -0.3 is 19.5 Å². The summed E-state index contributed by atoms with van der Waals surface area (Å²) in [5.41, 5.74) is 1.09. The molecule has 0 aromatic heterocycles. The zero-order valence-corrected chi connectivity index (χ0v) is 13.2. The van der Waals surface area contributed by atoms with Gasteiger partial charge in [0.2, 0.25) is 0 Å². The number of ether oxygens (including phenoxy) is 3. The third-order valence-corrected chi connectivity index (χ3v) is 3.55. The third-order valence-electron chi connectivity index (χ3n) is 3.55. The van der Waals surface area contributed by atoms with E-state index in [1.165, 1.54) is 0 Å². The van der Waals surface area contributed by atoms with Crippen molar-refractivity contribution in [2.24, 2.45) is 5.92 Å². The van der Waals surface area contributed by atoms with Crippen molar-refractivity contribution in [1.82, 2.24) is 5.32 Å². The van der Waals surface area contributed by atoms with Crippen LogP contribution >= 0.6 is 0 Å². The molecule has 1 rings (SSSR count). The molecule has 0 spiro atoms. The highest BCUT2D eigenvalue weighted by atomic mass is 16.5. The standard InChI is InChI=1S/C16H27NO3/c1-6-17-16(12(2)10-11-18-3)15-13(19-4)8-7-9-14(15)20-5/h7-9,12,16-17H,6,10-11H2,1-5H3. The summed E-state index contributed by atoms with van der Waals surface area (Å²) in [5, 5.41) is 3.54. The van der Waals surface area contributed by atoms with Crippen LogP contribution in [0.1, 0.15) is 31.9 Å². The molecule has 0 aliphatic carbocycles. The van der Waals surface area contributed by atoms with Crippen LogP contribution in [-0.4, -0.2) is 34.5 Å². The van der Waals surface area contributed by atoms with Crippen LogP contribution in [-0.2, 0) is 4.74 Å². The van der Waals surface area contributed by atoms with Gasteiger partial charge in [0, 0.05) is 19.8 Å². The second kappa shape index (κ2) is 8.82. The first-order valence-electron chi connectivity index (χ1n) is 7.12. The molecule has 0 amide bonds. The van der Waals surface area contributed by atoms with Gasteiger partial charge in [0.25, 0.3) is 0 Å². The summed E-state index contributed by atoms with van der Waals surface area (Å²) in [5.74, 6) is 2.14. The van der Waals surface area contributed by atoms with Crippen molar-refractivity contribution in [3.05, 3.63) is 23.8 Å². The van der Waals surface area contributed by atoms with Crippen LogP contribution in [0.5, 0.6) is 11.5 Å². The smallest absolute Gasteiger partial charge is 0.127 e. The first-order valence-corrected chi connectivity index (χ1v) is 7.12. The molecule has 1 N–H and O–H groups in total.